The molecule has 0 amide bonds. The smallest absolute Gasteiger partial charge is 0.335 e. The van der Waals surface area contributed by atoms with Crippen molar-refractivity contribution in [1.29, 1.82) is 0 Å². The van der Waals surface area contributed by atoms with Crippen molar-refractivity contribution in [3.05, 3.63) is 120 Å². The van der Waals surface area contributed by atoms with E-state index in [-0.39, 0.29) is 36.0 Å². The number of unbranched alkanes of at least 4 members (excludes halogenated alkanes) is 36. The molecule has 0 spiro atoms. The zero-order valence-electron chi connectivity index (χ0n) is 59.1. The fourth-order valence-electron chi connectivity index (χ4n) is 13.1. The van der Waals surface area contributed by atoms with Crippen molar-refractivity contribution in [2.45, 2.75) is 298 Å². The number of carboxylic acids is 1. The lowest BCUT2D eigenvalue weighted by molar-refractivity contribution is 0.0695. The first-order valence-corrected chi connectivity index (χ1v) is 38.2. The highest BCUT2D eigenvalue weighted by Crippen LogP contribution is 2.46. The second kappa shape index (κ2) is 45.9. The molecule has 7 aromatic rings. The molecule has 9 nitrogen and oxygen atoms in total. The van der Waals surface area contributed by atoms with E-state index in [9.17, 15) is 9.90 Å². The van der Waals surface area contributed by atoms with Crippen LogP contribution in [-0.2, 0) is 13.2 Å². The summed E-state index contributed by atoms with van der Waals surface area (Å²) in [5.41, 5.74) is 1.68. The molecule has 0 saturated carbocycles. The van der Waals surface area contributed by atoms with Crippen molar-refractivity contribution >= 4 is 38.3 Å². The van der Waals surface area contributed by atoms with Gasteiger partial charge in [0.25, 0.3) is 0 Å². The quantitative estimate of drug-likeness (QED) is 0.0295. The Hall–Kier alpha value is -6.35. The Balaban J connectivity index is 1.13. The topological polar surface area (TPSA) is 102 Å². The summed E-state index contributed by atoms with van der Waals surface area (Å²) in [7, 11) is 0. The van der Waals surface area contributed by atoms with Crippen molar-refractivity contribution < 1.29 is 43.1 Å². The monoisotopic (exact) mass is 1290 g/mol. The molecule has 0 heterocycles. The lowest BCUT2D eigenvalue weighted by Crippen LogP contribution is -2.07. The maximum atomic E-state index is 13.2. The van der Waals surface area contributed by atoms with Gasteiger partial charge in [0.1, 0.15) is 42.0 Å². The molecule has 9 heteroatoms. The summed E-state index contributed by atoms with van der Waals surface area (Å²) in [5.74, 6) is 3.14. The molecule has 1 N–H and O–H groups in total. The largest absolute Gasteiger partial charge is 0.493 e. The van der Waals surface area contributed by atoms with Gasteiger partial charge in [0.15, 0.2) is 11.5 Å². The Bertz CT molecular complexity index is 3040. The summed E-state index contributed by atoms with van der Waals surface area (Å²) in [4.78, 5) is 13.2. The van der Waals surface area contributed by atoms with Gasteiger partial charge in [-0.15, -0.1) is 0 Å². The first-order valence-electron chi connectivity index (χ1n) is 38.2. The minimum absolute atomic E-state index is 0.00850. The summed E-state index contributed by atoms with van der Waals surface area (Å²) in [5, 5.41) is 17.4. The van der Waals surface area contributed by atoms with Crippen LogP contribution < -0.4 is 33.2 Å². The summed E-state index contributed by atoms with van der Waals surface area (Å²) >= 11 is 0. The summed E-state index contributed by atoms with van der Waals surface area (Å²) in [6, 6.07) is 34.2. The zero-order chi connectivity index (χ0) is 65.9. The minimum Gasteiger partial charge on any atom is -0.493 e. The van der Waals surface area contributed by atoms with Crippen LogP contribution in [0.2, 0.25) is 0 Å². The fraction of sp³-hybridized carbons (Fsp3) is 0.588. The van der Waals surface area contributed by atoms with Crippen LogP contribution in [0.5, 0.6) is 46.0 Å². The molecule has 0 saturated heterocycles. The predicted octanol–water partition coefficient (Wildman–Crippen LogP) is 26.4. The SMILES string of the molecule is CCCCCCCCCCCCOc1cc(COc2cc(C(=O)O)cc(Oc3ccc4ccc5cccc6ccc3c4c56)c2OCc2cc(OCCCCCCCCCCCC)cc(OCCCCCCCCCCCC)c2)cc(OCCCCCCCCCCCC)c1. The Morgan fingerprint density at radius 1 is 0.309 bits per heavy atom. The van der Waals surface area contributed by atoms with E-state index in [1.54, 1.807) is 12.1 Å². The number of carbonyl (C=O) groups is 1. The molecule has 0 aliphatic heterocycles. The lowest BCUT2D eigenvalue weighted by atomic mass is 9.94. The van der Waals surface area contributed by atoms with Gasteiger partial charge in [0.2, 0.25) is 5.75 Å². The third kappa shape index (κ3) is 27.8. The first-order chi connectivity index (χ1) is 46.4. The van der Waals surface area contributed by atoms with E-state index in [4.69, 9.17) is 33.2 Å². The second-order valence-electron chi connectivity index (χ2n) is 27.0. The van der Waals surface area contributed by atoms with E-state index in [0.29, 0.717) is 32.2 Å². The highest BCUT2D eigenvalue weighted by atomic mass is 16.5. The van der Waals surface area contributed by atoms with Crippen molar-refractivity contribution in [3.8, 4) is 46.0 Å². The molecule has 0 atom stereocenters. The van der Waals surface area contributed by atoms with Gasteiger partial charge in [-0.05, 0) is 107 Å². The third-order valence-corrected chi connectivity index (χ3v) is 18.7. The molecule has 0 aromatic heterocycles. The molecule has 0 bridgehead atoms. The molecule has 7 rings (SSSR count). The van der Waals surface area contributed by atoms with Gasteiger partial charge < -0.3 is 38.3 Å². The molecule has 516 valence electrons. The van der Waals surface area contributed by atoms with Crippen LogP contribution >= 0.6 is 0 Å². The van der Waals surface area contributed by atoms with Crippen molar-refractivity contribution in [3.63, 3.8) is 0 Å². The molecule has 0 aliphatic rings. The minimum atomic E-state index is -1.11. The van der Waals surface area contributed by atoms with Crippen molar-refractivity contribution in [2.24, 2.45) is 0 Å². The molecule has 7 aromatic carbocycles. The number of hydrogen-bond donors (Lipinski definition) is 1. The Morgan fingerprint density at radius 3 is 1.00 bits per heavy atom. The number of carboxylic acid groups (broad SMARTS) is 1. The van der Waals surface area contributed by atoms with Gasteiger partial charge in [-0.3, -0.25) is 0 Å². The summed E-state index contributed by atoms with van der Waals surface area (Å²) < 4.78 is 47.0. The van der Waals surface area contributed by atoms with E-state index in [1.807, 2.05) is 42.5 Å². The maximum Gasteiger partial charge on any atom is 0.335 e. The van der Waals surface area contributed by atoms with E-state index < -0.39 is 5.97 Å². The molecular weight excluding hydrogens is 1160 g/mol. The van der Waals surface area contributed by atoms with Crippen LogP contribution in [0.25, 0.3) is 32.3 Å². The van der Waals surface area contributed by atoms with E-state index >= 15 is 0 Å². The van der Waals surface area contributed by atoms with Gasteiger partial charge in [-0.25, -0.2) is 4.79 Å². The van der Waals surface area contributed by atoms with Crippen LogP contribution in [0.15, 0.2) is 103 Å². The average Bonchev–Trinajstić information content (AvgIpc) is 0.743. The molecule has 0 unspecified atom stereocenters. The van der Waals surface area contributed by atoms with Gasteiger partial charge in [-0.2, -0.15) is 0 Å². The van der Waals surface area contributed by atoms with E-state index in [1.165, 1.54) is 205 Å². The highest BCUT2D eigenvalue weighted by Gasteiger charge is 2.23. The summed E-state index contributed by atoms with van der Waals surface area (Å²) in [6.45, 7) is 11.7. The Morgan fingerprint density at radius 2 is 0.628 bits per heavy atom. The number of benzene rings is 7. The normalized spacial score (nSPS) is 11.5. The van der Waals surface area contributed by atoms with Gasteiger partial charge in [-0.1, -0.05) is 301 Å². The first kappa shape index (κ1) is 75.0. The lowest BCUT2D eigenvalue weighted by Gasteiger charge is -2.20. The number of aromatic carboxylic acids is 1. The van der Waals surface area contributed by atoms with E-state index in [0.717, 1.165) is 118 Å². The number of hydrogen-bond acceptors (Lipinski definition) is 8. The van der Waals surface area contributed by atoms with Gasteiger partial charge >= 0.3 is 5.97 Å². The molecule has 0 fully saturated rings. The zero-order valence-corrected chi connectivity index (χ0v) is 59.1. The van der Waals surface area contributed by atoms with Crippen LogP contribution in [0, 0.1) is 0 Å². The Labute approximate surface area is 568 Å². The fourth-order valence-corrected chi connectivity index (χ4v) is 13.1. The molecule has 0 aliphatic carbocycles. The van der Waals surface area contributed by atoms with Gasteiger partial charge in [0, 0.05) is 22.9 Å². The molecule has 94 heavy (non-hydrogen) atoms. The summed E-state index contributed by atoms with van der Waals surface area (Å²) in [6.07, 6.45) is 50.2. The van der Waals surface area contributed by atoms with Gasteiger partial charge in [0.05, 0.1) is 32.0 Å². The second-order valence-corrected chi connectivity index (χ2v) is 27.0. The van der Waals surface area contributed by atoms with Crippen LogP contribution in [-0.4, -0.2) is 37.5 Å². The van der Waals surface area contributed by atoms with Crippen LogP contribution in [0.4, 0.5) is 0 Å². The standard InChI is InChI=1S/C85H122O9/c1-5-9-13-17-21-25-29-33-37-41-54-88-74-58-68(59-75(64-74)89-55-42-38-34-30-26-22-18-14-10-6-2)66-92-80-62-73(85(86)87)63-81(94-79-53-51-72-49-48-70-46-45-47-71-50-52-78(79)83(72)82(70)71)84(80)93-67-69-60-76(90-56-43-39-35-31-27-23-19-15-11-7-3)65-77(61-69)91-57-44-40-36-32-28-24-20-16-12-8-4/h45-53,58-65H,5-44,54-57,66-67H2,1-4H3,(H,86,87). The average molecular weight is 1290 g/mol. The highest BCUT2D eigenvalue weighted by molar-refractivity contribution is 6.24. The predicted molar refractivity (Wildman–Crippen MR) is 395 cm³/mol. The van der Waals surface area contributed by atoms with Crippen LogP contribution in [0.1, 0.15) is 306 Å². The maximum absolute atomic E-state index is 13.2. The number of ether oxygens (including phenoxy) is 7. The van der Waals surface area contributed by atoms with Crippen molar-refractivity contribution in [1.82, 2.24) is 0 Å². The van der Waals surface area contributed by atoms with Crippen LogP contribution in [0.3, 0.4) is 0 Å². The molecular formula is C85H122O9. The number of rotatable bonds is 57. The third-order valence-electron chi connectivity index (χ3n) is 18.7. The van der Waals surface area contributed by atoms with Crippen molar-refractivity contribution in [2.75, 3.05) is 26.4 Å². The van der Waals surface area contributed by atoms with E-state index in [2.05, 4.69) is 76.2 Å². The molecule has 0 radical (unpaired) electrons. The Kier molecular flexibility index (Phi) is 36.7.